The van der Waals surface area contributed by atoms with Gasteiger partial charge < -0.3 is 9.47 Å². The van der Waals surface area contributed by atoms with Gasteiger partial charge in [-0.3, -0.25) is 0 Å². The number of para-hydroxylation sites is 1. The summed E-state index contributed by atoms with van der Waals surface area (Å²) < 4.78 is 12.8. The van der Waals surface area contributed by atoms with Crippen LogP contribution in [0.15, 0.2) is 46.9 Å². The minimum Gasteiger partial charge on any atom is -0.493 e. The summed E-state index contributed by atoms with van der Waals surface area (Å²) in [6, 6.07) is 14.4. The lowest BCUT2D eigenvalue weighted by molar-refractivity contribution is 0.217. The molecule has 3 rings (SSSR count). The molecule has 0 amide bonds. The fraction of sp³-hybridized carbons (Fsp3) is 0.294. The standard InChI is InChI=1S/C17H16Br2O2/c18-10-13-9-14(19)5-6-16(13)21-11-12-7-8-20-17-4-2-1-3-15(12)17/h1-6,9,12H,7-8,10-11H2. The van der Waals surface area contributed by atoms with Gasteiger partial charge in [-0.1, -0.05) is 50.1 Å². The summed E-state index contributed by atoms with van der Waals surface area (Å²) in [6.07, 6.45) is 0.997. The first-order chi connectivity index (χ1) is 10.3. The van der Waals surface area contributed by atoms with Gasteiger partial charge >= 0.3 is 0 Å². The fourth-order valence-corrected chi connectivity index (χ4v) is 3.42. The Hall–Kier alpha value is -1.00. The summed E-state index contributed by atoms with van der Waals surface area (Å²) >= 11 is 7.01. The van der Waals surface area contributed by atoms with Crippen LogP contribution in [0.1, 0.15) is 23.5 Å². The number of ether oxygens (including phenoxy) is 2. The predicted molar refractivity (Wildman–Crippen MR) is 91.6 cm³/mol. The summed E-state index contributed by atoms with van der Waals surface area (Å²) in [5.74, 6) is 2.33. The molecule has 0 aliphatic carbocycles. The molecular weight excluding hydrogens is 396 g/mol. The van der Waals surface area contributed by atoms with Gasteiger partial charge in [0.25, 0.3) is 0 Å². The highest BCUT2D eigenvalue weighted by atomic mass is 79.9. The Morgan fingerprint density at radius 1 is 1.19 bits per heavy atom. The highest BCUT2D eigenvalue weighted by Gasteiger charge is 2.21. The molecule has 0 spiro atoms. The molecule has 0 radical (unpaired) electrons. The van der Waals surface area contributed by atoms with E-state index in [2.05, 4.69) is 50.1 Å². The van der Waals surface area contributed by atoms with E-state index in [0.29, 0.717) is 12.5 Å². The van der Waals surface area contributed by atoms with Crippen LogP contribution in [0.2, 0.25) is 0 Å². The Morgan fingerprint density at radius 3 is 2.90 bits per heavy atom. The SMILES string of the molecule is BrCc1cc(Br)ccc1OCC1CCOc2ccccc21. The van der Waals surface area contributed by atoms with Crippen LogP contribution in [0.4, 0.5) is 0 Å². The van der Waals surface area contributed by atoms with E-state index in [0.717, 1.165) is 39.9 Å². The van der Waals surface area contributed by atoms with Crippen LogP contribution in [0, 0.1) is 0 Å². The van der Waals surface area contributed by atoms with Crippen molar-refractivity contribution in [1.82, 2.24) is 0 Å². The van der Waals surface area contributed by atoms with E-state index in [1.165, 1.54) is 5.56 Å². The normalized spacial score (nSPS) is 17.0. The molecule has 0 saturated heterocycles. The van der Waals surface area contributed by atoms with Crippen molar-refractivity contribution < 1.29 is 9.47 Å². The van der Waals surface area contributed by atoms with Crippen LogP contribution in [0.5, 0.6) is 11.5 Å². The van der Waals surface area contributed by atoms with E-state index in [4.69, 9.17) is 9.47 Å². The molecule has 1 atom stereocenters. The number of alkyl halides is 1. The molecule has 110 valence electrons. The lowest BCUT2D eigenvalue weighted by Gasteiger charge is -2.26. The Morgan fingerprint density at radius 2 is 2.05 bits per heavy atom. The summed E-state index contributed by atoms with van der Waals surface area (Å²) in [5, 5.41) is 0.784. The van der Waals surface area contributed by atoms with Gasteiger partial charge in [0, 0.05) is 26.8 Å². The number of fused-ring (bicyclic) bond motifs is 1. The van der Waals surface area contributed by atoms with E-state index in [1.54, 1.807) is 0 Å². The summed E-state index contributed by atoms with van der Waals surface area (Å²) in [7, 11) is 0. The van der Waals surface area contributed by atoms with Crippen LogP contribution in [-0.4, -0.2) is 13.2 Å². The molecular formula is C17H16Br2O2. The third-order valence-electron chi connectivity index (χ3n) is 3.69. The molecule has 1 heterocycles. The molecule has 1 aliphatic heterocycles. The van der Waals surface area contributed by atoms with Gasteiger partial charge in [0.2, 0.25) is 0 Å². The minimum atomic E-state index is 0.391. The molecule has 1 unspecified atom stereocenters. The molecule has 2 aromatic carbocycles. The van der Waals surface area contributed by atoms with Crippen LogP contribution in [0.25, 0.3) is 0 Å². The van der Waals surface area contributed by atoms with E-state index in [-0.39, 0.29) is 0 Å². The number of hydrogen-bond donors (Lipinski definition) is 0. The molecule has 0 fully saturated rings. The fourth-order valence-electron chi connectivity index (χ4n) is 2.57. The summed E-state index contributed by atoms with van der Waals surface area (Å²) in [5.41, 5.74) is 2.41. The Balaban J connectivity index is 1.74. The smallest absolute Gasteiger partial charge is 0.123 e. The minimum absolute atomic E-state index is 0.391. The Labute approximate surface area is 141 Å². The van der Waals surface area contributed by atoms with Crippen LogP contribution in [-0.2, 0) is 5.33 Å². The quantitative estimate of drug-likeness (QED) is 0.636. The lowest BCUT2D eigenvalue weighted by atomic mass is 9.94. The zero-order valence-electron chi connectivity index (χ0n) is 11.5. The second-order valence-corrected chi connectivity index (χ2v) is 6.54. The molecule has 2 aromatic rings. The van der Waals surface area contributed by atoms with Gasteiger partial charge in [-0.25, -0.2) is 0 Å². The maximum atomic E-state index is 6.07. The zero-order chi connectivity index (χ0) is 14.7. The van der Waals surface area contributed by atoms with E-state index < -0.39 is 0 Å². The van der Waals surface area contributed by atoms with Gasteiger partial charge in [-0.15, -0.1) is 0 Å². The van der Waals surface area contributed by atoms with Crippen molar-refractivity contribution in [2.24, 2.45) is 0 Å². The average molecular weight is 412 g/mol. The van der Waals surface area contributed by atoms with E-state index in [9.17, 15) is 0 Å². The van der Waals surface area contributed by atoms with Crippen molar-refractivity contribution in [2.45, 2.75) is 17.7 Å². The van der Waals surface area contributed by atoms with Gasteiger partial charge in [0.1, 0.15) is 11.5 Å². The maximum Gasteiger partial charge on any atom is 0.123 e. The maximum absolute atomic E-state index is 6.07. The van der Waals surface area contributed by atoms with Crippen LogP contribution in [0.3, 0.4) is 0 Å². The van der Waals surface area contributed by atoms with Crippen molar-refractivity contribution in [3.05, 3.63) is 58.1 Å². The van der Waals surface area contributed by atoms with Crippen molar-refractivity contribution in [3.63, 3.8) is 0 Å². The van der Waals surface area contributed by atoms with Gasteiger partial charge in [-0.05, 0) is 30.7 Å². The molecule has 2 nitrogen and oxygen atoms in total. The van der Waals surface area contributed by atoms with Crippen LogP contribution >= 0.6 is 31.9 Å². The number of benzene rings is 2. The molecule has 4 heteroatoms. The van der Waals surface area contributed by atoms with Crippen molar-refractivity contribution in [1.29, 1.82) is 0 Å². The summed E-state index contributed by atoms with van der Waals surface area (Å²) in [4.78, 5) is 0. The third-order valence-corrected chi connectivity index (χ3v) is 4.79. The lowest BCUT2D eigenvalue weighted by Crippen LogP contribution is -2.19. The monoisotopic (exact) mass is 410 g/mol. The number of hydrogen-bond acceptors (Lipinski definition) is 2. The Bertz CT molecular complexity index is 628. The second-order valence-electron chi connectivity index (χ2n) is 5.07. The summed E-state index contributed by atoms with van der Waals surface area (Å²) in [6.45, 7) is 1.44. The highest BCUT2D eigenvalue weighted by Crippen LogP contribution is 2.34. The van der Waals surface area contributed by atoms with Gasteiger partial charge in [0.05, 0.1) is 13.2 Å². The predicted octanol–water partition coefficient (Wildman–Crippen LogP) is 5.29. The van der Waals surface area contributed by atoms with Crippen molar-refractivity contribution in [2.75, 3.05) is 13.2 Å². The first-order valence-corrected chi connectivity index (χ1v) is 8.88. The van der Waals surface area contributed by atoms with E-state index >= 15 is 0 Å². The largest absolute Gasteiger partial charge is 0.493 e. The third kappa shape index (κ3) is 3.43. The van der Waals surface area contributed by atoms with Gasteiger partial charge in [0.15, 0.2) is 0 Å². The first-order valence-electron chi connectivity index (χ1n) is 6.97. The second kappa shape index (κ2) is 6.84. The number of halogens is 2. The molecule has 0 bridgehead atoms. The molecule has 0 aromatic heterocycles. The molecule has 0 N–H and O–H groups in total. The molecule has 21 heavy (non-hydrogen) atoms. The number of rotatable bonds is 4. The van der Waals surface area contributed by atoms with Crippen molar-refractivity contribution in [3.8, 4) is 11.5 Å². The Kier molecular flexibility index (Phi) is 4.86. The molecule has 1 aliphatic rings. The molecule has 0 saturated carbocycles. The van der Waals surface area contributed by atoms with Crippen LogP contribution < -0.4 is 9.47 Å². The van der Waals surface area contributed by atoms with Gasteiger partial charge in [-0.2, -0.15) is 0 Å². The highest BCUT2D eigenvalue weighted by molar-refractivity contribution is 9.10. The topological polar surface area (TPSA) is 18.5 Å². The first kappa shape index (κ1) is 14.9. The van der Waals surface area contributed by atoms with E-state index in [1.807, 2.05) is 24.3 Å². The average Bonchev–Trinajstić information content (AvgIpc) is 2.53. The van der Waals surface area contributed by atoms with Crippen molar-refractivity contribution >= 4 is 31.9 Å². The zero-order valence-corrected chi connectivity index (χ0v) is 14.7.